The highest BCUT2D eigenvalue weighted by Gasteiger charge is 2.17. The van der Waals surface area contributed by atoms with Gasteiger partial charge in [0.2, 0.25) is 5.91 Å². The van der Waals surface area contributed by atoms with Gasteiger partial charge in [-0.25, -0.2) is 4.98 Å². The summed E-state index contributed by atoms with van der Waals surface area (Å²) in [5, 5.41) is 3.32. The number of thioether (sulfide) groups is 1. The Morgan fingerprint density at radius 2 is 2.04 bits per heavy atom. The number of fused-ring (bicyclic) bond motifs is 1. The average Bonchev–Trinajstić information content (AvgIpc) is 2.97. The van der Waals surface area contributed by atoms with Gasteiger partial charge in [0.15, 0.2) is 5.16 Å². The number of benzene rings is 2. The van der Waals surface area contributed by atoms with E-state index in [1.807, 2.05) is 49.4 Å². The highest BCUT2D eigenvalue weighted by molar-refractivity contribution is 9.10. The second-order valence-corrected chi connectivity index (χ2v) is 7.43. The Morgan fingerprint density at radius 1 is 1.29 bits per heavy atom. The summed E-state index contributed by atoms with van der Waals surface area (Å²) >= 11 is 4.76. The van der Waals surface area contributed by atoms with Crippen molar-refractivity contribution < 1.29 is 9.53 Å². The molecule has 5 nitrogen and oxygen atoms in total. The maximum Gasteiger partial charge on any atom is 0.237 e. The van der Waals surface area contributed by atoms with Crippen molar-refractivity contribution >= 4 is 50.3 Å². The van der Waals surface area contributed by atoms with Gasteiger partial charge < -0.3 is 15.0 Å². The summed E-state index contributed by atoms with van der Waals surface area (Å²) in [6.07, 6.45) is 0. The fourth-order valence-corrected chi connectivity index (χ4v) is 3.23. The van der Waals surface area contributed by atoms with E-state index in [0.717, 1.165) is 26.9 Å². The molecule has 1 amide bonds. The number of methoxy groups -OCH3 is 1. The molecule has 7 heteroatoms. The molecule has 3 rings (SSSR count). The Hall–Kier alpha value is -1.99. The van der Waals surface area contributed by atoms with E-state index in [9.17, 15) is 4.79 Å². The molecule has 0 spiro atoms. The summed E-state index contributed by atoms with van der Waals surface area (Å²) in [5.41, 5.74) is 2.50. The van der Waals surface area contributed by atoms with Gasteiger partial charge in [0, 0.05) is 16.2 Å². The van der Waals surface area contributed by atoms with Gasteiger partial charge in [0.25, 0.3) is 0 Å². The first-order valence-corrected chi connectivity index (χ1v) is 8.99. The molecule has 0 bridgehead atoms. The minimum absolute atomic E-state index is 0.0691. The van der Waals surface area contributed by atoms with Crippen molar-refractivity contribution in [2.24, 2.45) is 0 Å². The molecule has 124 valence electrons. The van der Waals surface area contributed by atoms with Gasteiger partial charge in [0.05, 0.1) is 23.4 Å². The Labute approximate surface area is 152 Å². The van der Waals surface area contributed by atoms with Crippen molar-refractivity contribution in [3.63, 3.8) is 0 Å². The predicted molar refractivity (Wildman–Crippen MR) is 101 cm³/mol. The first-order valence-electron chi connectivity index (χ1n) is 7.32. The standard InChI is InChI=1S/C17H16BrN3O2S/c1-10(16(22)19-12-5-3-11(18)4-6-12)24-17-20-14-8-7-13(23-2)9-15(14)21-17/h3-10H,1-2H3,(H,19,22)(H,20,21)/t10-/m0/s1. The zero-order chi connectivity index (χ0) is 17.1. The molecule has 1 heterocycles. The first-order chi connectivity index (χ1) is 11.5. The number of nitrogens with one attached hydrogen (secondary N) is 2. The van der Waals surface area contributed by atoms with E-state index in [-0.39, 0.29) is 11.2 Å². The maximum absolute atomic E-state index is 12.3. The van der Waals surface area contributed by atoms with Crippen LogP contribution in [0, 0.1) is 0 Å². The summed E-state index contributed by atoms with van der Waals surface area (Å²) in [7, 11) is 1.63. The van der Waals surface area contributed by atoms with Crippen molar-refractivity contribution in [3.05, 3.63) is 46.9 Å². The van der Waals surface area contributed by atoms with E-state index < -0.39 is 0 Å². The van der Waals surface area contributed by atoms with Crippen LogP contribution in [0.2, 0.25) is 0 Å². The minimum Gasteiger partial charge on any atom is -0.497 e. The number of H-pyrrole nitrogens is 1. The van der Waals surface area contributed by atoms with Crippen LogP contribution < -0.4 is 10.1 Å². The lowest BCUT2D eigenvalue weighted by Gasteiger charge is -2.10. The van der Waals surface area contributed by atoms with Crippen molar-refractivity contribution in [2.45, 2.75) is 17.3 Å². The molecule has 1 aromatic heterocycles. The van der Waals surface area contributed by atoms with Crippen LogP contribution in [0.15, 0.2) is 52.1 Å². The summed E-state index contributed by atoms with van der Waals surface area (Å²) < 4.78 is 6.18. The summed E-state index contributed by atoms with van der Waals surface area (Å²) in [6.45, 7) is 1.85. The molecule has 3 aromatic rings. The third kappa shape index (κ3) is 3.91. The topological polar surface area (TPSA) is 67.0 Å². The molecular formula is C17H16BrN3O2S. The number of aromatic nitrogens is 2. The highest BCUT2D eigenvalue weighted by atomic mass is 79.9. The van der Waals surface area contributed by atoms with Crippen molar-refractivity contribution in [2.75, 3.05) is 12.4 Å². The number of nitrogens with zero attached hydrogens (tertiary/aromatic N) is 1. The number of hydrogen-bond acceptors (Lipinski definition) is 4. The molecule has 0 unspecified atom stereocenters. The molecule has 0 radical (unpaired) electrons. The number of aromatic amines is 1. The van der Waals surface area contributed by atoms with Crippen LogP contribution in [0.4, 0.5) is 5.69 Å². The number of halogens is 1. The van der Waals surface area contributed by atoms with E-state index in [2.05, 4.69) is 31.2 Å². The first kappa shape index (κ1) is 16.9. The molecule has 0 aliphatic carbocycles. The fourth-order valence-electron chi connectivity index (χ4n) is 2.15. The summed E-state index contributed by atoms with van der Waals surface area (Å²) in [5.74, 6) is 0.698. The maximum atomic E-state index is 12.3. The van der Waals surface area contributed by atoms with E-state index in [0.29, 0.717) is 5.16 Å². The van der Waals surface area contributed by atoms with Crippen LogP contribution in [0.1, 0.15) is 6.92 Å². The van der Waals surface area contributed by atoms with Crippen LogP contribution >= 0.6 is 27.7 Å². The van der Waals surface area contributed by atoms with Gasteiger partial charge >= 0.3 is 0 Å². The SMILES string of the molecule is COc1ccc2nc(S[C@@H](C)C(=O)Nc3ccc(Br)cc3)[nH]c2c1. The molecule has 2 aromatic carbocycles. The van der Waals surface area contributed by atoms with E-state index in [4.69, 9.17) is 4.74 Å². The van der Waals surface area contributed by atoms with Crippen molar-refractivity contribution in [3.8, 4) is 5.75 Å². The number of ether oxygens (including phenoxy) is 1. The Balaban J connectivity index is 1.68. The van der Waals surface area contributed by atoms with Crippen LogP contribution in [-0.2, 0) is 4.79 Å². The largest absolute Gasteiger partial charge is 0.497 e. The van der Waals surface area contributed by atoms with E-state index in [1.165, 1.54) is 11.8 Å². The third-order valence-electron chi connectivity index (χ3n) is 3.44. The number of hydrogen-bond donors (Lipinski definition) is 2. The second kappa shape index (κ2) is 7.27. The van der Waals surface area contributed by atoms with Gasteiger partial charge in [-0.2, -0.15) is 0 Å². The molecule has 0 saturated heterocycles. The van der Waals surface area contributed by atoms with Gasteiger partial charge in [-0.05, 0) is 43.3 Å². The monoisotopic (exact) mass is 405 g/mol. The molecular weight excluding hydrogens is 390 g/mol. The molecule has 0 aliphatic rings. The quantitative estimate of drug-likeness (QED) is 0.615. The lowest BCUT2D eigenvalue weighted by atomic mass is 10.3. The highest BCUT2D eigenvalue weighted by Crippen LogP contribution is 2.26. The lowest BCUT2D eigenvalue weighted by Crippen LogP contribution is -2.22. The molecule has 0 saturated carbocycles. The summed E-state index contributed by atoms with van der Waals surface area (Å²) in [4.78, 5) is 20.0. The van der Waals surface area contributed by atoms with Crippen molar-refractivity contribution in [1.82, 2.24) is 9.97 Å². The number of anilines is 1. The van der Waals surface area contributed by atoms with Crippen LogP contribution in [0.5, 0.6) is 5.75 Å². The second-order valence-electron chi connectivity index (χ2n) is 5.18. The zero-order valence-corrected chi connectivity index (χ0v) is 15.6. The van der Waals surface area contributed by atoms with E-state index >= 15 is 0 Å². The van der Waals surface area contributed by atoms with E-state index in [1.54, 1.807) is 7.11 Å². The normalized spacial score (nSPS) is 12.1. The zero-order valence-electron chi connectivity index (χ0n) is 13.2. The van der Waals surface area contributed by atoms with Gasteiger partial charge in [-0.1, -0.05) is 27.7 Å². The van der Waals surface area contributed by atoms with Crippen LogP contribution in [-0.4, -0.2) is 28.2 Å². The number of imidazole rings is 1. The van der Waals surface area contributed by atoms with Gasteiger partial charge in [-0.3, -0.25) is 4.79 Å². The predicted octanol–water partition coefficient (Wildman–Crippen LogP) is 4.45. The Kier molecular flexibility index (Phi) is 5.11. The molecule has 0 aliphatic heterocycles. The average molecular weight is 406 g/mol. The number of amides is 1. The number of rotatable bonds is 5. The fraction of sp³-hybridized carbons (Fsp3) is 0.176. The minimum atomic E-state index is -0.281. The molecule has 0 fully saturated rings. The third-order valence-corrected chi connectivity index (χ3v) is 4.95. The molecule has 1 atom stereocenters. The number of carbonyl (C=O) groups is 1. The van der Waals surface area contributed by atoms with Crippen molar-refractivity contribution in [1.29, 1.82) is 0 Å². The van der Waals surface area contributed by atoms with Gasteiger partial charge in [-0.15, -0.1) is 0 Å². The summed E-state index contributed by atoms with van der Waals surface area (Å²) in [6, 6.07) is 13.1. The lowest BCUT2D eigenvalue weighted by molar-refractivity contribution is -0.115. The smallest absolute Gasteiger partial charge is 0.237 e. The molecule has 2 N–H and O–H groups in total. The molecule has 24 heavy (non-hydrogen) atoms. The van der Waals surface area contributed by atoms with Crippen LogP contribution in [0.25, 0.3) is 11.0 Å². The van der Waals surface area contributed by atoms with Gasteiger partial charge in [0.1, 0.15) is 5.75 Å². The number of carbonyl (C=O) groups excluding carboxylic acids is 1. The Morgan fingerprint density at radius 3 is 2.75 bits per heavy atom. The van der Waals surface area contributed by atoms with Crippen LogP contribution in [0.3, 0.4) is 0 Å². The Bertz CT molecular complexity index is 864.